The van der Waals surface area contributed by atoms with Gasteiger partial charge in [0.05, 0.1) is 6.10 Å². The Bertz CT molecular complexity index is 354. The number of fused-ring (bicyclic) bond motifs is 2. The van der Waals surface area contributed by atoms with Crippen molar-refractivity contribution in [3.63, 3.8) is 0 Å². The van der Waals surface area contributed by atoms with Gasteiger partial charge in [-0.3, -0.25) is 4.90 Å². The summed E-state index contributed by atoms with van der Waals surface area (Å²) in [7, 11) is 0. The number of nitrogens with one attached hydrogen (secondary N) is 1. The summed E-state index contributed by atoms with van der Waals surface area (Å²) in [6, 6.07) is 10.6. The number of hydrogen-bond acceptors (Lipinski definition) is 3. The van der Waals surface area contributed by atoms with Crippen LogP contribution in [-0.2, 0) is 6.54 Å². The first-order chi connectivity index (χ1) is 8.33. The van der Waals surface area contributed by atoms with Gasteiger partial charge in [0.15, 0.2) is 0 Å². The lowest BCUT2D eigenvalue weighted by molar-refractivity contribution is -0.0423. The van der Waals surface area contributed by atoms with E-state index >= 15 is 0 Å². The lowest BCUT2D eigenvalue weighted by Gasteiger charge is -2.45. The van der Waals surface area contributed by atoms with E-state index in [4.69, 9.17) is 0 Å². The summed E-state index contributed by atoms with van der Waals surface area (Å²) in [5, 5.41) is 13.5. The molecule has 0 spiro atoms. The van der Waals surface area contributed by atoms with Crippen LogP contribution in [0.25, 0.3) is 0 Å². The third-order valence-corrected chi connectivity index (χ3v) is 4.01. The molecule has 2 fully saturated rings. The highest BCUT2D eigenvalue weighted by Gasteiger charge is 2.38. The van der Waals surface area contributed by atoms with Crippen molar-refractivity contribution < 1.29 is 5.11 Å². The molecule has 92 valence electrons. The molecule has 2 bridgehead atoms. The Morgan fingerprint density at radius 2 is 1.76 bits per heavy atom. The van der Waals surface area contributed by atoms with Gasteiger partial charge in [0.2, 0.25) is 0 Å². The predicted molar refractivity (Wildman–Crippen MR) is 67.6 cm³/mol. The summed E-state index contributed by atoms with van der Waals surface area (Å²) in [6.07, 6.45) is -0.0942. The van der Waals surface area contributed by atoms with Gasteiger partial charge in [0.25, 0.3) is 0 Å². The zero-order valence-electron chi connectivity index (χ0n) is 10.0. The molecule has 2 saturated heterocycles. The third kappa shape index (κ3) is 2.37. The third-order valence-electron chi connectivity index (χ3n) is 4.01. The van der Waals surface area contributed by atoms with E-state index in [9.17, 15) is 5.11 Å². The summed E-state index contributed by atoms with van der Waals surface area (Å²) in [4.78, 5) is 2.48. The maximum Gasteiger partial charge on any atom is 0.0645 e. The second-order valence-corrected chi connectivity index (χ2v) is 5.35. The normalized spacial score (nSPS) is 33.6. The van der Waals surface area contributed by atoms with E-state index in [0.29, 0.717) is 11.8 Å². The molecule has 2 aliphatic heterocycles. The summed E-state index contributed by atoms with van der Waals surface area (Å²) >= 11 is 0. The Balaban J connectivity index is 1.66. The van der Waals surface area contributed by atoms with Gasteiger partial charge in [-0.05, 0) is 5.56 Å². The van der Waals surface area contributed by atoms with Crippen LogP contribution in [-0.4, -0.2) is 42.3 Å². The van der Waals surface area contributed by atoms with E-state index in [-0.39, 0.29) is 6.10 Å². The molecule has 1 aromatic rings. The number of benzene rings is 1. The van der Waals surface area contributed by atoms with E-state index in [1.165, 1.54) is 5.56 Å². The van der Waals surface area contributed by atoms with E-state index < -0.39 is 0 Å². The molecule has 3 nitrogen and oxygen atoms in total. The van der Waals surface area contributed by atoms with Crippen molar-refractivity contribution in [2.45, 2.75) is 12.6 Å². The molecule has 3 atom stereocenters. The SMILES string of the molecule is OC1[C@@H]2CNC[C@H]1CN(Cc1ccccc1)C2. The lowest BCUT2D eigenvalue weighted by Crippen LogP contribution is -2.58. The maximum absolute atomic E-state index is 10.1. The standard InChI is InChI=1S/C14H20N2O/c17-14-12-6-15-7-13(14)10-16(9-12)8-11-4-2-1-3-5-11/h1-5,12-15,17H,6-10H2/t12-,13+,14?. The number of rotatable bonds is 2. The predicted octanol–water partition coefficient (Wildman–Crippen LogP) is 0.699. The number of aliphatic hydroxyl groups is 1. The highest BCUT2D eigenvalue weighted by molar-refractivity contribution is 5.14. The van der Waals surface area contributed by atoms with E-state index in [2.05, 4.69) is 40.5 Å². The van der Waals surface area contributed by atoms with Crippen LogP contribution in [0.2, 0.25) is 0 Å². The minimum atomic E-state index is -0.0942. The van der Waals surface area contributed by atoms with Gasteiger partial charge in [-0.15, -0.1) is 0 Å². The molecule has 0 saturated carbocycles. The van der Waals surface area contributed by atoms with Crippen LogP contribution in [0.15, 0.2) is 30.3 Å². The fraction of sp³-hybridized carbons (Fsp3) is 0.571. The largest absolute Gasteiger partial charge is 0.392 e. The monoisotopic (exact) mass is 232 g/mol. The summed E-state index contributed by atoms with van der Waals surface area (Å²) in [6.45, 7) is 4.96. The highest BCUT2D eigenvalue weighted by atomic mass is 16.3. The van der Waals surface area contributed by atoms with Crippen molar-refractivity contribution in [1.29, 1.82) is 0 Å². The summed E-state index contributed by atoms with van der Waals surface area (Å²) in [5.41, 5.74) is 1.37. The molecular weight excluding hydrogens is 212 g/mol. The Labute approximate surface area is 102 Å². The van der Waals surface area contributed by atoms with Crippen LogP contribution < -0.4 is 5.32 Å². The van der Waals surface area contributed by atoms with Crippen LogP contribution in [0.1, 0.15) is 5.56 Å². The second kappa shape index (κ2) is 4.77. The number of hydrogen-bond donors (Lipinski definition) is 2. The number of aliphatic hydroxyl groups excluding tert-OH is 1. The number of likely N-dealkylation sites (tertiary alicyclic amines) is 1. The fourth-order valence-corrected chi connectivity index (χ4v) is 3.13. The number of piperidine rings is 2. The molecule has 1 aromatic carbocycles. The minimum absolute atomic E-state index is 0.0942. The number of nitrogens with zero attached hydrogens (tertiary/aromatic N) is 1. The molecule has 0 aliphatic carbocycles. The van der Waals surface area contributed by atoms with Gasteiger partial charge < -0.3 is 10.4 Å². The topological polar surface area (TPSA) is 35.5 Å². The van der Waals surface area contributed by atoms with Crippen LogP contribution in [0.3, 0.4) is 0 Å². The van der Waals surface area contributed by atoms with Crippen molar-refractivity contribution >= 4 is 0 Å². The molecule has 3 rings (SSSR count). The van der Waals surface area contributed by atoms with Crippen molar-refractivity contribution in [1.82, 2.24) is 10.2 Å². The Morgan fingerprint density at radius 3 is 2.41 bits per heavy atom. The fourth-order valence-electron chi connectivity index (χ4n) is 3.13. The Morgan fingerprint density at radius 1 is 1.12 bits per heavy atom. The smallest absolute Gasteiger partial charge is 0.0645 e. The average Bonchev–Trinajstić information content (AvgIpc) is 2.32. The quantitative estimate of drug-likeness (QED) is 0.788. The lowest BCUT2D eigenvalue weighted by atomic mass is 9.82. The average molecular weight is 232 g/mol. The molecule has 0 radical (unpaired) electrons. The van der Waals surface area contributed by atoms with Crippen LogP contribution in [0.5, 0.6) is 0 Å². The van der Waals surface area contributed by atoms with Crippen LogP contribution >= 0.6 is 0 Å². The molecule has 0 aromatic heterocycles. The zero-order chi connectivity index (χ0) is 11.7. The van der Waals surface area contributed by atoms with Gasteiger partial charge in [0, 0.05) is 44.6 Å². The molecule has 1 unspecified atom stereocenters. The molecule has 2 N–H and O–H groups in total. The van der Waals surface area contributed by atoms with Gasteiger partial charge in [-0.1, -0.05) is 30.3 Å². The Hall–Kier alpha value is -0.900. The first kappa shape index (κ1) is 11.2. The summed E-state index contributed by atoms with van der Waals surface area (Å²) in [5.74, 6) is 0.817. The second-order valence-electron chi connectivity index (χ2n) is 5.35. The van der Waals surface area contributed by atoms with Crippen molar-refractivity contribution in [2.24, 2.45) is 11.8 Å². The van der Waals surface area contributed by atoms with E-state index in [0.717, 1.165) is 32.7 Å². The molecule has 17 heavy (non-hydrogen) atoms. The van der Waals surface area contributed by atoms with Crippen molar-refractivity contribution in [3.05, 3.63) is 35.9 Å². The molecule has 2 aliphatic rings. The minimum Gasteiger partial charge on any atom is -0.392 e. The van der Waals surface area contributed by atoms with Crippen LogP contribution in [0, 0.1) is 11.8 Å². The maximum atomic E-state index is 10.1. The molecule has 0 amide bonds. The van der Waals surface area contributed by atoms with Gasteiger partial charge in [-0.25, -0.2) is 0 Å². The Kier molecular flexibility index (Phi) is 3.14. The first-order valence-electron chi connectivity index (χ1n) is 6.48. The first-order valence-corrected chi connectivity index (χ1v) is 6.48. The molecule has 3 heteroatoms. The van der Waals surface area contributed by atoms with Crippen molar-refractivity contribution in [3.8, 4) is 0 Å². The summed E-state index contributed by atoms with van der Waals surface area (Å²) < 4.78 is 0. The van der Waals surface area contributed by atoms with Crippen LogP contribution in [0.4, 0.5) is 0 Å². The molecular formula is C14H20N2O. The van der Waals surface area contributed by atoms with E-state index in [1.807, 2.05) is 0 Å². The highest BCUT2D eigenvalue weighted by Crippen LogP contribution is 2.26. The van der Waals surface area contributed by atoms with Gasteiger partial charge in [0.1, 0.15) is 0 Å². The molecule has 2 heterocycles. The zero-order valence-corrected chi connectivity index (χ0v) is 10.0. The van der Waals surface area contributed by atoms with Gasteiger partial charge in [-0.2, -0.15) is 0 Å². The van der Waals surface area contributed by atoms with Gasteiger partial charge >= 0.3 is 0 Å². The van der Waals surface area contributed by atoms with E-state index in [1.54, 1.807) is 0 Å². The van der Waals surface area contributed by atoms with Crippen molar-refractivity contribution in [2.75, 3.05) is 26.2 Å².